The Morgan fingerprint density at radius 3 is 2.47 bits per heavy atom. The average molecular weight is 237 g/mol. The van der Waals surface area contributed by atoms with E-state index in [1.165, 1.54) is 0 Å². The smallest absolute Gasteiger partial charge is 0.322 e. The van der Waals surface area contributed by atoms with Crippen molar-refractivity contribution in [3.8, 4) is 5.75 Å². The van der Waals surface area contributed by atoms with Crippen LogP contribution < -0.4 is 10.5 Å². The molecule has 1 amide bonds. The van der Waals surface area contributed by atoms with Gasteiger partial charge in [-0.25, -0.2) is 0 Å². The molecule has 0 aliphatic carbocycles. The van der Waals surface area contributed by atoms with Crippen LogP contribution >= 0.6 is 0 Å². The van der Waals surface area contributed by atoms with E-state index in [0.717, 1.165) is 0 Å². The molecule has 1 aromatic rings. The summed E-state index contributed by atoms with van der Waals surface area (Å²) in [6.45, 7) is 1.75. The average Bonchev–Trinajstić information content (AvgIpc) is 2.30. The highest BCUT2D eigenvalue weighted by molar-refractivity contribution is 5.97. The number of primary amides is 1. The first-order chi connectivity index (χ1) is 8.15. The van der Waals surface area contributed by atoms with Crippen LogP contribution in [0.2, 0.25) is 0 Å². The van der Waals surface area contributed by atoms with Gasteiger partial charge in [0, 0.05) is 0 Å². The number of para-hydroxylation sites is 1. The van der Waals surface area contributed by atoms with E-state index < -0.39 is 17.8 Å². The van der Waals surface area contributed by atoms with Gasteiger partial charge in [-0.05, 0) is 19.1 Å². The van der Waals surface area contributed by atoms with E-state index in [4.69, 9.17) is 15.2 Å². The van der Waals surface area contributed by atoms with Crippen LogP contribution in [0.15, 0.2) is 30.3 Å². The molecule has 5 nitrogen and oxygen atoms in total. The second kappa shape index (κ2) is 6.52. The predicted molar refractivity (Wildman–Crippen MR) is 61.3 cm³/mol. The van der Waals surface area contributed by atoms with E-state index in [1.807, 2.05) is 6.07 Å². The lowest BCUT2D eigenvalue weighted by atomic mass is 10.1. The fourth-order valence-electron chi connectivity index (χ4n) is 1.21. The van der Waals surface area contributed by atoms with Gasteiger partial charge in [-0.15, -0.1) is 0 Å². The summed E-state index contributed by atoms with van der Waals surface area (Å²) in [5.74, 6) is -1.91. The highest BCUT2D eigenvalue weighted by Crippen LogP contribution is 2.10. The molecule has 0 saturated heterocycles. The van der Waals surface area contributed by atoms with Crippen molar-refractivity contribution in [1.29, 1.82) is 0 Å². The molecular weight excluding hydrogens is 222 g/mol. The molecule has 0 spiro atoms. The zero-order chi connectivity index (χ0) is 12.7. The van der Waals surface area contributed by atoms with E-state index in [9.17, 15) is 9.59 Å². The lowest BCUT2D eigenvalue weighted by Gasteiger charge is -2.13. The number of hydrogen-bond acceptors (Lipinski definition) is 4. The van der Waals surface area contributed by atoms with Gasteiger partial charge in [0.25, 0.3) is 0 Å². The number of benzene rings is 1. The van der Waals surface area contributed by atoms with Crippen molar-refractivity contribution in [2.45, 2.75) is 6.92 Å². The fourth-order valence-corrected chi connectivity index (χ4v) is 1.21. The molecule has 1 atom stereocenters. The molecule has 0 radical (unpaired) electrons. The molecule has 0 aromatic heterocycles. The lowest BCUT2D eigenvalue weighted by Crippen LogP contribution is -2.36. The predicted octanol–water partition coefficient (Wildman–Crippen LogP) is 0.730. The first kappa shape index (κ1) is 13.0. The number of ether oxygens (including phenoxy) is 2. The van der Waals surface area contributed by atoms with Gasteiger partial charge in [0.15, 0.2) is 5.92 Å². The molecule has 1 unspecified atom stereocenters. The quantitative estimate of drug-likeness (QED) is 0.584. The molecule has 17 heavy (non-hydrogen) atoms. The van der Waals surface area contributed by atoms with Gasteiger partial charge in [-0.2, -0.15) is 0 Å². The number of amides is 1. The maximum Gasteiger partial charge on any atom is 0.322 e. The summed E-state index contributed by atoms with van der Waals surface area (Å²) >= 11 is 0. The zero-order valence-electron chi connectivity index (χ0n) is 9.59. The van der Waals surface area contributed by atoms with Gasteiger partial charge in [0.1, 0.15) is 12.4 Å². The van der Waals surface area contributed by atoms with Gasteiger partial charge in [-0.1, -0.05) is 18.2 Å². The molecule has 0 fully saturated rings. The normalized spacial score (nSPS) is 11.6. The standard InChI is InChI=1S/C12H15NO4/c1-2-16-12(15)10(11(13)14)8-17-9-6-4-3-5-7-9/h3-7,10H,2,8H2,1H3,(H2,13,14). The molecule has 0 heterocycles. The number of esters is 1. The van der Waals surface area contributed by atoms with Crippen LogP contribution in [0.5, 0.6) is 5.75 Å². The maximum absolute atomic E-state index is 11.4. The second-order valence-electron chi connectivity index (χ2n) is 3.33. The monoisotopic (exact) mass is 237 g/mol. The Kier molecular flexibility index (Phi) is 5.00. The van der Waals surface area contributed by atoms with Crippen molar-refractivity contribution in [2.24, 2.45) is 11.7 Å². The van der Waals surface area contributed by atoms with E-state index in [-0.39, 0.29) is 13.2 Å². The van der Waals surface area contributed by atoms with Crippen LogP contribution in [0, 0.1) is 5.92 Å². The molecule has 5 heteroatoms. The molecule has 0 saturated carbocycles. The van der Waals surface area contributed by atoms with Gasteiger partial charge in [0.2, 0.25) is 5.91 Å². The van der Waals surface area contributed by atoms with Crippen molar-refractivity contribution in [2.75, 3.05) is 13.2 Å². The van der Waals surface area contributed by atoms with Crippen LogP contribution in [0.4, 0.5) is 0 Å². The summed E-state index contributed by atoms with van der Waals surface area (Å²) < 4.78 is 10.0. The zero-order valence-corrected chi connectivity index (χ0v) is 9.59. The molecule has 0 aliphatic heterocycles. The summed E-state index contributed by atoms with van der Waals surface area (Å²) in [5, 5.41) is 0. The van der Waals surface area contributed by atoms with Crippen molar-refractivity contribution in [3.63, 3.8) is 0 Å². The lowest BCUT2D eigenvalue weighted by molar-refractivity contribution is -0.152. The van der Waals surface area contributed by atoms with Gasteiger partial charge in [0.05, 0.1) is 6.61 Å². The Morgan fingerprint density at radius 1 is 1.29 bits per heavy atom. The Hall–Kier alpha value is -2.04. The highest BCUT2D eigenvalue weighted by Gasteiger charge is 2.26. The van der Waals surface area contributed by atoms with E-state index in [1.54, 1.807) is 31.2 Å². The minimum absolute atomic E-state index is 0.113. The largest absolute Gasteiger partial charge is 0.492 e. The molecule has 0 bridgehead atoms. The van der Waals surface area contributed by atoms with Crippen LogP contribution in [0.1, 0.15) is 6.92 Å². The molecule has 92 valence electrons. The molecule has 1 rings (SSSR count). The van der Waals surface area contributed by atoms with Gasteiger partial charge in [-0.3, -0.25) is 9.59 Å². The maximum atomic E-state index is 11.4. The van der Waals surface area contributed by atoms with Gasteiger partial charge < -0.3 is 15.2 Å². The number of nitrogens with two attached hydrogens (primary N) is 1. The van der Waals surface area contributed by atoms with Crippen LogP contribution in [-0.2, 0) is 14.3 Å². The third kappa shape index (κ3) is 4.14. The Bertz CT molecular complexity index is 377. The second-order valence-corrected chi connectivity index (χ2v) is 3.33. The Labute approximate surface area is 99.5 Å². The molecular formula is C12H15NO4. The summed E-state index contributed by atoms with van der Waals surface area (Å²) in [5.41, 5.74) is 5.11. The minimum atomic E-state index is -1.07. The topological polar surface area (TPSA) is 78.6 Å². The van der Waals surface area contributed by atoms with Crippen molar-refractivity contribution in [3.05, 3.63) is 30.3 Å². The molecule has 1 aromatic carbocycles. The van der Waals surface area contributed by atoms with Crippen LogP contribution in [0.25, 0.3) is 0 Å². The van der Waals surface area contributed by atoms with Crippen LogP contribution in [-0.4, -0.2) is 25.1 Å². The summed E-state index contributed by atoms with van der Waals surface area (Å²) in [7, 11) is 0. The Morgan fingerprint density at radius 2 is 1.94 bits per heavy atom. The molecule has 2 N–H and O–H groups in total. The first-order valence-corrected chi connectivity index (χ1v) is 5.29. The van der Waals surface area contributed by atoms with E-state index in [2.05, 4.69) is 0 Å². The fraction of sp³-hybridized carbons (Fsp3) is 0.333. The minimum Gasteiger partial charge on any atom is -0.492 e. The summed E-state index contributed by atoms with van der Waals surface area (Å²) in [6.07, 6.45) is 0. The third-order valence-corrected chi connectivity index (χ3v) is 2.07. The van der Waals surface area contributed by atoms with Crippen molar-refractivity contribution in [1.82, 2.24) is 0 Å². The number of carbonyl (C=O) groups excluding carboxylic acids is 2. The number of hydrogen-bond donors (Lipinski definition) is 1. The summed E-state index contributed by atoms with van der Waals surface area (Å²) in [4.78, 5) is 22.5. The van der Waals surface area contributed by atoms with Crippen molar-refractivity contribution < 1.29 is 19.1 Å². The first-order valence-electron chi connectivity index (χ1n) is 5.29. The van der Waals surface area contributed by atoms with Crippen molar-refractivity contribution >= 4 is 11.9 Å². The third-order valence-electron chi connectivity index (χ3n) is 2.07. The van der Waals surface area contributed by atoms with E-state index >= 15 is 0 Å². The number of rotatable bonds is 6. The Balaban J connectivity index is 2.56. The van der Waals surface area contributed by atoms with E-state index in [0.29, 0.717) is 5.75 Å². The number of carbonyl (C=O) groups is 2. The highest BCUT2D eigenvalue weighted by atomic mass is 16.5. The summed E-state index contributed by atoms with van der Waals surface area (Å²) in [6, 6.07) is 8.87. The molecule has 0 aliphatic rings. The van der Waals surface area contributed by atoms with Gasteiger partial charge >= 0.3 is 5.97 Å². The van der Waals surface area contributed by atoms with Crippen LogP contribution in [0.3, 0.4) is 0 Å². The SMILES string of the molecule is CCOC(=O)C(COc1ccccc1)C(N)=O.